The minimum absolute atomic E-state index is 0.208. The Balaban J connectivity index is 2.60. The maximum atomic E-state index is 13.7. The van der Waals surface area contributed by atoms with Crippen molar-refractivity contribution in [1.82, 2.24) is 0 Å². The lowest BCUT2D eigenvalue weighted by atomic mass is 9.86. The molecule has 0 aromatic heterocycles. The maximum Gasteiger partial charge on any atom is 0.278 e. The van der Waals surface area contributed by atoms with Gasteiger partial charge in [-0.15, -0.1) is 0 Å². The highest BCUT2D eigenvalue weighted by Crippen LogP contribution is 2.53. The lowest BCUT2D eigenvalue weighted by Crippen LogP contribution is -2.29. The van der Waals surface area contributed by atoms with Crippen LogP contribution in [-0.2, 0) is 12.3 Å². The van der Waals surface area contributed by atoms with Gasteiger partial charge in [-0.3, -0.25) is 0 Å². The lowest BCUT2D eigenvalue weighted by molar-refractivity contribution is -0.0986. The molecule has 0 aliphatic heterocycles. The average molecular weight is 182 g/mol. The second kappa shape index (κ2) is 2.31. The van der Waals surface area contributed by atoms with E-state index >= 15 is 0 Å². The Kier molecular flexibility index (Phi) is 1.54. The van der Waals surface area contributed by atoms with Gasteiger partial charge in [0.2, 0.25) is 0 Å². The quantitative estimate of drug-likeness (QED) is 0.577. The molecule has 0 saturated heterocycles. The zero-order chi connectivity index (χ0) is 9.69. The minimum atomic E-state index is -2.68. The van der Waals surface area contributed by atoms with Crippen molar-refractivity contribution in [2.75, 3.05) is 0 Å². The topological polar surface area (TPSA) is 0 Å². The third kappa shape index (κ3) is 1.01. The molecule has 0 atom stereocenters. The van der Waals surface area contributed by atoms with Gasteiger partial charge in [0.15, 0.2) is 0 Å². The lowest BCUT2D eigenvalue weighted by Gasteiger charge is -2.26. The third-order valence-corrected chi connectivity index (χ3v) is 2.84. The van der Waals surface area contributed by atoms with Crippen LogP contribution in [0.3, 0.4) is 0 Å². The number of alkyl halides is 2. The molecule has 1 aromatic rings. The Labute approximate surface area is 76.6 Å². The summed E-state index contributed by atoms with van der Waals surface area (Å²) in [5.41, 5.74) is 0.0638. The molecule has 0 spiro atoms. The second-order valence-electron chi connectivity index (χ2n) is 4.29. The van der Waals surface area contributed by atoms with E-state index in [0.717, 1.165) is 5.56 Å². The van der Waals surface area contributed by atoms with E-state index in [4.69, 9.17) is 0 Å². The van der Waals surface area contributed by atoms with Crippen molar-refractivity contribution in [3.05, 3.63) is 35.4 Å². The maximum absolute atomic E-state index is 13.7. The standard InChI is InChI=1S/C11H12F2/c1-10(2)7-8-5-3-4-6-9(8)11(10,12)13/h3-6H,7H2,1-2H3. The van der Waals surface area contributed by atoms with Crippen molar-refractivity contribution < 1.29 is 8.78 Å². The van der Waals surface area contributed by atoms with Gasteiger partial charge in [0.05, 0.1) is 0 Å². The first kappa shape index (κ1) is 8.67. The Bertz CT molecular complexity index is 340. The molecule has 0 N–H and O–H groups in total. The van der Waals surface area contributed by atoms with Gasteiger partial charge in [-0.05, 0) is 12.0 Å². The van der Waals surface area contributed by atoms with E-state index in [9.17, 15) is 8.78 Å². The zero-order valence-electron chi connectivity index (χ0n) is 7.77. The Hall–Kier alpha value is -0.920. The van der Waals surface area contributed by atoms with Gasteiger partial charge in [0, 0.05) is 11.0 Å². The molecule has 0 heterocycles. The Morgan fingerprint density at radius 1 is 1.15 bits per heavy atom. The first-order valence-corrected chi connectivity index (χ1v) is 4.41. The molecule has 0 bridgehead atoms. The zero-order valence-corrected chi connectivity index (χ0v) is 7.77. The van der Waals surface area contributed by atoms with Crippen LogP contribution in [0, 0.1) is 5.41 Å². The van der Waals surface area contributed by atoms with Gasteiger partial charge in [0.25, 0.3) is 5.92 Å². The first-order chi connectivity index (χ1) is 5.95. The van der Waals surface area contributed by atoms with Crippen molar-refractivity contribution in [2.45, 2.75) is 26.2 Å². The van der Waals surface area contributed by atoms with Gasteiger partial charge in [-0.25, -0.2) is 8.78 Å². The highest BCUT2D eigenvalue weighted by atomic mass is 19.3. The van der Waals surface area contributed by atoms with Crippen LogP contribution in [-0.4, -0.2) is 0 Å². The number of hydrogen-bond donors (Lipinski definition) is 0. The molecule has 1 aliphatic rings. The minimum Gasteiger partial charge on any atom is -0.201 e. The molecule has 0 fully saturated rings. The summed E-state index contributed by atoms with van der Waals surface area (Å²) >= 11 is 0. The largest absolute Gasteiger partial charge is 0.278 e. The number of benzene rings is 1. The fraction of sp³-hybridized carbons (Fsp3) is 0.455. The summed E-state index contributed by atoms with van der Waals surface area (Å²) in [7, 11) is 0. The van der Waals surface area contributed by atoms with E-state index in [-0.39, 0.29) is 5.56 Å². The molecule has 0 amide bonds. The van der Waals surface area contributed by atoms with Crippen LogP contribution in [0.4, 0.5) is 8.78 Å². The van der Waals surface area contributed by atoms with Crippen molar-refractivity contribution in [1.29, 1.82) is 0 Å². The normalized spacial score (nSPS) is 22.8. The Morgan fingerprint density at radius 2 is 1.77 bits per heavy atom. The van der Waals surface area contributed by atoms with Crippen LogP contribution in [0.5, 0.6) is 0 Å². The summed E-state index contributed by atoms with van der Waals surface area (Å²) < 4.78 is 27.4. The van der Waals surface area contributed by atoms with E-state index in [1.807, 2.05) is 6.07 Å². The summed E-state index contributed by atoms with van der Waals surface area (Å²) in [5.74, 6) is -2.68. The summed E-state index contributed by atoms with van der Waals surface area (Å²) in [6.45, 7) is 3.24. The average Bonchev–Trinajstić information content (AvgIpc) is 2.20. The van der Waals surface area contributed by atoms with Gasteiger partial charge in [-0.1, -0.05) is 38.1 Å². The second-order valence-corrected chi connectivity index (χ2v) is 4.29. The number of halogens is 2. The number of hydrogen-bond acceptors (Lipinski definition) is 0. The molecule has 0 radical (unpaired) electrons. The molecule has 1 aromatic carbocycles. The van der Waals surface area contributed by atoms with Crippen molar-refractivity contribution >= 4 is 0 Å². The molecule has 70 valence electrons. The number of rotatable bonds is 0. The Morgan fingerprint density at radius 3 is 2.38 bits per heavy atom. The van der Waals surface area contributed by atoms with Crippen molar-refractivity contribution in [2.24, 2.45) is 5.41 Å². The highest BCUT2D eigenvalue weighted by molar-refractivity contribution is 5.38. The van der Waals surface area contributed by atoms with E-state index in [1.54, 1.807) is 26.0 Å². The van der Waals surface area contributed by atoms with Crippen LogP contribution < -0.4 is 0 Å². The van der Waals surface area contributed by atoms with E-state index in [2.05, 4.69) is 0 Å². The number of fused-ring (bicyclic) bond motifs is 1. The van der Waals surface area contributed by atoms with Crippen molar-refractivity contribution in [3.63, 3.8) is 0 Å². The van der Waals surface area contributed by atoms with Gasteiger partial charge in [-0.2, -0.15) is 0 Å². The van der Waals surface area contributed by atoms with Gasteiger partial charge in [0.1, 0.15) is 0 Å². The molecule has 13 heavy (non-hydrogen) atoms. The predicted octanol–water partition coefficient (Wildman–Crippen LogP) is 3.36. The third-order valence-electron chi connectivity index (χ3n) is 2.84. The fourth-order valence-corrected chi connectivity index (χ4v) is 1.93. The predicted molar refractivity (Wildman–Crippen MR) is 47.8 cm³/mol. The van der Waals surface area contributed by atoms with Gasteiger partial charge < -0.3 is 0 Å². The smallest absolute Gasteiger partial charge is 0.201 e. The van der Waals surface area contributed by atoms with E-state index in [1.165, 1.54) is 6.07 Å². The summed E-state index contributed by atoms with van der Waals surface area (Å²) in [4.78, 5) is 0. The molecule has 0 saturated carbocycles. The molecular weight excluding hydrogens is 170 g/mol. The molecule has 0 nitrogen and oxygen atoms in total. The van der Waals surface area contributed by atoms with Crippen LogP contribution in [0.1, 0.15) is 25.0 Å². The monoisotopic (exact) mass is 182 g/mol. The van der Waals surface area contributed by atoms with E-state index < -0.39 is 11.3 Å². The van der Waals surface area contributed by atoms with Crippen molar-refractivity contribution in [3.8, 4) is 0 Å². The summed E-state index contributed by atoms with van der Waals surface area (Å²) in [6.07, 6.45) is 0.468. The molecular formula is C11H12F2. The highest BCUT2D eigenvalue weighted by Gasteiger charge is 2.53. The van der Waals surface area contributed by atoms with Crippen LogP contribution in [0.2, 0.25) is 0 Å². The summed E-state index contributed by atoms with van der Waals surface area (Å²) in [6, 6.07) is 6.81. The molecule has 2 rings (SSSR count). The SMILES string of the molecule is CC1(C)Cc2ccccc2C1(F)F. The van der Waals surface area contributed by atoms with Crippen LogP contribution in [0.25, 0.3) is 0 Å². The van der Waals surface area contributed by atoms with Crippen LogP contribution in [0.15, 0.2) is 24.3 Å². The summed E-state index contributed by atoms with van der Waals surface area (Å²) in [5, 5.41) is 0. The first-order valence-electron chi connectivity index (χ1n) is 4.41. The van der Waals surface area contributed by atoms with E-state index in [0.29, 0.717) is 6.42 Å². The molecule has 1 aliphatic carbocycles. The van der Waals surface area contributed by atoms with Gasteiger partial charge >= 0.3 is 0 Å². The van der Waals surface area contributed by atoms with Crippen LogP contribution >= 0.6 is 0 Å². The fourth-order valence-electron chi connectivity index (χ4n) is 1.93. The molecule has 0 unspecified atom stereocenters. The molecule has 2 heteroatoms.